The summed E-state index contributed by atoms with van der Waals surface area (Å²) >= 11 is 3.24. The summed E-state index contributed by atoms with van der Waals surface area (Å²) in [5.41, 5.74) is 0. The Balaban J connectivity index is 1.76. The Hall–Kier alpha value is -0.920. The van der Waals surface area contributed by atoms with Crippen molar-refractivity contribution >= 4 is 31.9 Å². The fourth-order valence-electron chi connectivity index (χ4n) is 1.70. The highest BCUT2D eigenvalue weighted by Gasteiger charge is 2.22. The van der Waals surface area contributed by atoms with Crippen molar-refractivity contribution in [2.24, 2.45) is 0 Å². The van der Waals surface area contributed by atoms with E-state index in [9.17, 15) is 13.2 Å². The van der Waals surface area contributed by atoms with Gasteiger partial charge in [0.25, 0.3) is 0 Å². The molecule has 1 aromatic carbocycles. The van der Waals surface area contributed by atoms with Crippen LogP contribution in [-0.4, -0.2) is 26.9 Å². The lowest BCUT2D eigenvalue weighted by molar-refractivity contribution is -0.121. The second-order valence-corrected chi connectivity index (χ2v) is 7.48. The van der Waals surface area contributed by atoms with Crippen molar-refractivity contribution in [3.63, 3.8) is 0 Å². The summed E-state index contributed by atoms with van der Waals surface area (Å²) < 4.78 is 27.2. The van der Waals surface area contributed by atoms with Gasteiger partial charge in [0.2, 0.25) is 15.9 Å². The maximum Gasteiger partial charge on any atom is 0.240 e. The molecule has 0 aromatic heterocycles. The van der Waals surface area contributed by atoms with Gasteiger partial charge in [0.05, 0.1) is 4.90 Å². The molecule has 20 heavy (non-hydrogen) atoms. The maximum atomic E-state index is 12.0. The fraction of sp³-hybridized carbons (Fsp3) is 0.462. The summed E-state index contributed by atoms with van der Waals surface area (Å²) in [4.78, 5) is 11.7. The number of carbonyl (C=O) groups excluding carboxylic acids is 1. The summed E-state index contributed by atoms with van der Waals surface area (Å²) in [6.07, 6.45) is 2.95. The number of hydrogen-bond acceptors (Lipinski definition) is 3. The highest BCUT2D eigenvalue weighted by molar-refractivity contribution is 9.10. The second kappa shape index (κ2) is 6.69. The van der Waals surface area contributed by atoms with Crippen LogP contribution < -0.4 is 10.0 Å². The normalized spacial score (nSPS) is 15.1. The quantitative estimate of drug-likeness (QED) is 0.727. The van der Waals surface area contributed by atoms with Crippen molar-refractivity contribution in [1.29, 1.82) is 0 Å². The maximum absolute atomic E-state index is 12.0. The van der Waals surface area contributed by atoms with Gasteiger partial charge in [-0.3, -0.25) is 4.79 Å². The summed E-state index contributed by atoms with van der Waals surface area (Å²) in [6.45, 7) is 0.257. The van der Waals surface area contributed by atoms with E-state index in [0.717, 1.165) is 12.8 Å². The molecule has 2 rings (SSSR count). The van der Waals surface area contributed by atoms with Gasteiger partial charge < -0.3 is 5.32 Å². The van der Waals surface area contributed by atoms with Crippen LogP contribution in [0.5, 0.6) is 0 Å². The van der Waals surface area contributed by atoms with Gasteiger partial charge in [-0.15, -0.1) is 0 Å². The molecule has 7 heteroatoms. The van der Waals surface area contributed by atoms with Crippen LogP contribution in [0.4, 0.5) is 0 Å². The smallest absolute Gasteiger partial charge is 0.240 e. The zero-order valence-electron chi connectivity index (χ0n) is 10.9. The van der Waals surface area contributed by atoms with Gasteiger partial charge in [-0.05, 0) is 37.5 Å². The molecule has 0 bridgehead atoms. The van der Waals surface area contributed by atoms with Gasteiger partial charge in [0.1, 0.15) is 0 Å². The minimum atomic E-state index is -3.50. The molecule has 5 nitrogen and oxygen atoms in total. The number of hydrogen-bond donors (Lipinski definition) is 2. The van der Waals surface area contributed by atoms with E-state index >= 15 is 0 Å². The highest BCUT2D eigenvalue weighted by atomic mass is 79.9. The van der Waals surface area contributed by atoms with E-state index in [1.807, 2.05) is 0 Å². The van der Waals surface area contributed by atoms with Crippen LogP contribution in [0.3, 0.4) is 0 Å². The first kappa shape index (κ1) is 15.5. The molecule has 0 radical (unpaired) electrons. The van der Waals surface area contributed by atoms with Gasteiger partial charge in [-0.25, -0.2) is 13.1 Å². The largest absolute Gasteiger partial charge is 0.353 e. The average molecular weight is 361 g/mol. The molecule has 0 unspecified atom stereocenters. The van der Waals surface area contributed by atoms with Crippen molar-refractivity contribution in [2.45, 2.75) is 36.6 Å². The summed E-state index contributed by atoms with van der Waals surface area (Å²) in [5, 5.41) is 2.87. The summed E-state index contributed by atoms with van der Waals surface area (Å²) in [5.74, 6) is -0.00541. The van der Waals surface area contributed by atoms with Crippen LogP contribution in [0, 0.1) is 0 Å². The molecule has 0 saturated heterocycles. The number of nitrogens with one attached hydrogen (secondary N) is 2. The number of sulfonamides is 1. The van der Waals surface area contributed by atoms with Crippen molar-refractivity contribution in [3.8, 4) is 0 Å². The Bertz CT molecular complexity index is 585. The third kappa shape index (κ3) is 4.88. The molecule has 1 saturated carbocycles. The van der Waals surface area contributed by atoms with E-state index < -0.39 is 10.0 Å². The second-order valence-electron chi connectivity index (χ2n) is 4.80. The Morgan fingerprint density at radius 3 is 2.75 bits per heavy atom. The molecule has 110 valence electrons. The van der Waals surface area contributed by atoms with E-state index in [1.54, 1.807) is 18.2 Å². The summed E-state index contributed by atoms with van der Waals surface area (Å²) in [6, 6.07) is 6.86. The Kier molecular flexibility index (Phi) is 5.17. The first-order valence-corrected chi connectivity index (χ1v) is 8.79. The van der Waals surface area contributed by atoms with E-state index in [-0.39, 0.29) is 17.3 Å². The van der Waals surface area contributed by atoms with Crippen molar-refractivity contribution in [2.75, 3.05) is 6.54 Å². The van der Waals surface area contributed by atoms with Crippen LogP contribution >= 0.6 is 15.9 Å². The molecule has 0 aliphatic heterocycles. The predicted molar refractivity (Wildman–Crippen MR) is 79.7 cm³/mol. The van der Waals surface area contributed by atoms with Crippen LogP contribution in [0.25, 0.3) is 0 Å². The SMILES string of the molecule is O=C(CCCNS(=O)(=O)c1cccc(Br)c1)NC1CC1. The Morgan fingerprint density at radius 2 is 2.10 bits per heavy atom. The minimum Gasteiger partial charge on any atom is -0.353 e. The standard InChI is InChI=1S/C13H17BrN2O3S/c14-10-3-1-4-12(9-10)20(18,19)15-8-2-5-13(17)16-11-6-7-11/h1,3-4,9,11,15H,2,5-8H2,(H,16,17). The first-order chi connectivity index (χ1) is 9.47. The third-order valence-electron chi connectivity index (χ3n) is 2.92. The third-order valence-corrected chi connectivity index (χ3v) is 4.87. The zero-order chi connectivity index (χ0) is 14.6. The fourth-order valence-corrected chi connectivity index (χ4v) is 3.37. The molecular weight excluding hydrogens is 344 g/mol. The van der Waals surface area contributed by atoms with Crippen LogP contribution in [0.2, 0.25) is 0 Å². The van der Waals surface area contributed by atoms with Crippen molar-refractivity contribution < 1.29 is 13.2 Å². The molecular formula is C13H17BrN2O3S. The predicted octanol–water partition coefficient (Wildman–Crippen LogP) is 1.79. The van der Waals surface area contributed by atoms with Crippen molar-refractivity contribution in [1.82, 2.24) is 10.0 Å². The molecule has 1 aliphatic carbocycles. The monoisotopic (exact) mass is 360 g/mol. The van der Waals surface area contributed by atoms with E-state index in [1.165, 1.54) is 6.07 Å². The summed E-state index contributed by atoms with van der Waals surface area (Å²) in [7, 11) is -3.50. The highest BCUT2D eigenvalue weighted by Crippen LogP contribution is 2.18. The van der Waals surface area contributed by atoms with Crippen molar-refractivity contribution in [3.05, 3.63) is 28.7 Å². The molecule has 1 aliphatic rings. The molecule has 1 aromatic rings. The van der Waals surface area contributed by atoms with E-state index in [4.69, 9.17) is 0 Å². The number of benzene rings is 1. The van der Waals surface area contributed by atoms with Gasteiger partial charge >= 0.3 is 0 Å². The van der Waals surface area contributed by atoms with Gasteiger partial charge in [-0.1, -0.05) is 22.0 Å². The number of carbonyl (C=O) groups is 1. The lowest BCUT2D eigenvalue weighted by Crippen LogP contribution is -2.28. The Labute approximate surface area is 127 Å². The van der Waals surface area contributed by atoms with Gasteiger partial charge in [-0.2, -0.15) is 0 Å². The van der Waals surface area contributed by atoms with Gasteiger partial charge in [0.15, 0.2) is 0 Å². The topological polar surface area (TPSA) is 75.3 Å². The van der Waals surface area contributed by atoms with Crippen LogP contribution in [0.1, 0.15) is 25.7 Å². The van der Waals surface area contributed by atoms with Gasteiger partial charge in [0, 0.05) is 23.5 Å². The first-order valence-electron chi connectivity index (χ1n) is 6.52. The minimum absolute atomic E-state index is 0.00541. The molecule has 0 spiro atoms. The van der Waals surface area contributed by atoms with E-state index in [2.05, 4.69) is 26.0 Å². The lowest BCUT2D eigenvalue weighted by atomic mass is 10.3. The zero-order valence-corrected chi connectivity index (χ0v) is 13.3. The number of amides is 1. The average Bonchev–Trinajstić information content (AvgIpc) is 3.19. The van der Waals surface area contributed by atoms with E-state index in [0.29, 0.717) is 23.4 Å². The molecule has 1 amide bonds. The molecule has 0 atom stereocenters. The molecule has 2 N–H and O–H groups in total. The Morgan fingerprint density at radius 1 is 1.35 bits per heavy atom. The molecule has 1 fully saturated rings. The molecule has 0 heterocycles. The number of rotatable bonds is 7. The number of halogens is 1. The van der Waals surface area contributed by atoms with Crippen LogP contribution in [-0.2, 0) is 14.8 Å². The lowest BCUT2D eigenvalue weighted by Gasteiger charge is -2.07. The van der Waals surface area contributed by atoms with Crippen LogP contribution in [0.15, 0.2) is 33.6 Å².